The van der Waals surface area contributed by atoms with Gasteiger partial charge in [-0.3, -0.25) is 9.36 Å². The lowest BCUT2D eigenvalue weighted by molar-refractivity contribution is -0.145. The van der Waals surface area contributed by atoms with Gasteiger partial charge in [-0.1, -0.05) is 11.6 Å². The lowest BCUT2D eigenvalue weighted by Crippen LogP contribution is -2.36. The van der Waals surface area contributed by atoms with Gasteiger partial charge in [0.05, 0.1) is 25.0 Å². The number of allylic oxidation sites excluding steroid dienone is 1. The highest BCUT2D eigenvalue weighted by atomic mass is 31.2. The van der Waals surface area contributed by atoms with Crippen molar-refractivity contribution < 1.29 is 27.9 Å². The van der Waals surface area contributed by atoms with E-state index < -0.39 is 19.6 Å². The highest BCUT2D eigenvalue weighted by Crippen LogP contribution is 2.51. The van der Waals surface area contributed by atoms with Crippen molar-refractivity contribution in [3.05, 3.63) is 11.6 Å². The van der Waals surface area contributed by atoms with Crippen LogP contribution in [0.3, 0.4) is 0 Å². The second-order valence-corrected chi connectivity index (χ2v) is 7.56. The number of carbonyl (C=O) groups excluding carboxylic acids is 2. The molecule has 0 aliphatic heterocycles. The molecule has 0 aromatic rings. The fourth-order valence-electron chi connectivity index (χ4n) is 1.87. The van der Waals surface area contributed by atoms with Gasteiger partial charge < -0.3 is 19.1 Å². The monoisotopic (exact) mass is 349 g/mol. The first-order valence-electron chi connectivity index (χ1n) is 7.63. The number of nitrogens with one attached hydrogen (secondary N) is 1. The Morgan fingerprint density at radius 3 is 2.09 bits per heavy atom. The molecule has 0 aromatic carbocycles. The Kier molecular flexibility index (Phi) is 10.0. The third-order valence-electron chi connectivity index (χ3n) is 2.43. The van der Waals surface area contributed by atoms with Crippen LogP contribution in [0.5, 0.6) is 0 Å². The van der Waals surface area contributed by atoms with Crippen LogP contribution in [-0.4, -0.2) is 43.4 Å². The summed E-state index contributed by atoms with van der Waals surface area (Å²) in [5, 5.41) is 2.36. The maximum Gasteiger partial charge on any atom is 0.335 e. The lowest BCUT2D eigenvalue weighted by Gasteiger charge is -2.23. The van der Waals surface area contributed by atoms with Crippen molar-refractivity contribution in [2.75, 3.05) is 12.8 Å². The molecule has 134 valence electrons. The average molecular weight is 349 g/mol. The van der Waals surface area contributed by atoms with Gasteiger partial charge in [0, 0.05) is 0 Å². The minimum atomic E-state index is -3.35. The smallest absolute Gasteiger partial charge is 0.335 e. The molecule has 0 aromatic heterocycles. The van der Waals surface area contributed by atoms with Gasteiger partial charge in [-0.25, -0.2) is 4.79 Å². The molecule has 0 saturated heterocycles. The Balaban J connectivity index is 5.18. The van der Waals surface area contributed by atoms with Gasteiger partial charge in [0.25, 0.3) is 0 Å². The molecule has 0 heterocycles. The van der Waals surface area contributed by atoms with E-state index in [4.69, 9.17) is 13.8 Å². The zero-order valence-corrected chi connectivity index (χ0v) is 15.6. The fraction of sp³-hybridized carbons (Fsp3) is 0.733. The molecule has 0 radical (unpaired) electrons. The predicted octanol–water partition coefficient (Wildman–Crippen LogP) is 2.65. The van der Waals surface area contributed by atoms with Gasteiger partial charge in [-0.15, -0.1) is 0 Å². The largest absolute Gasteiger partial charge is 0.464 e. The summed E-state index contributed by atoms with van der Waals surface area (Å²) in [7, 11) is -3.35. The number of hydrogen-bond donors (Lipinski definition) is 1. The minimum absolute atomic E-state index is 0.0276. The molecule has 1 atom stereocenters. The number of ether oxygens (including phenoxy) is 1. The number of rotatable bonds is 11. The van der Waals surface area contributed by atoms with E-state index in [1.807, 2.05) is 0 Å². The van der Waals surface area contributed by atoms with Crippen molar-refractivity contribution in [3.63, 3.8) is 0 Å². The van der Waals surface area contributed by atoms with Crippen LogP contribution in [0.15, 0.2) is 11.6 Å². The summed E-state index contributed by atoms with van der Waals surface area (Å²) in [6, 6.07) is -0.931. The van der Waals surface area contributed by atoms with Gasteiger partial charge in [0.2, 0.25) is 6.41 Å². The maximum absolute atomic E-state index is 12.8. The van der Waals surface area contributed by atoms with Crippen LogP contribution in [0.2, 0.25) is 0 Å². The van der Waals surface area contributed by atoms with Gasteiger partial charge in [0.15, 0.2) is 0 Å². The highest BCUT2D eigenvalue weighted by Gasteiger charge is 2.29. The molecule has 8 heteroatoms. The molecule has 7 nitrogen and oxygen atoms in total. The Bertz CT molecular complexity index is 447. The summed E-state index contributed by atoms with van der Waals surface area (Å²) in [5.74, 6) is -0.580. The molecule has 0 unspecified atom stereocenters. The van der Waals surface area contributed by atoms with Crippen LogP contribution in [0.25, 0.3) is 0 Å². The van der Waals surface area contributed by atoms with Crippen LogP contribution in [0.4, 0.5) is 0 Å². The van der Waals surface area contributed by atoms with Crippen LogP contribution >= 0.6 is 7.60 Å². The van der Waals surface area contributed by atoms with Crippen molar-refractivity contribution in [1.29, 1.82) is 0 Å². The Labute approximate surface area is 138 Å². The standard InChI is InChI=1S/C15H28NO6P/c1-7-20-15(18)14(16-10-17)8-13(6)9-23(19,21-11(2)3)22-12(4)5/h8,10-12,14H,7,9H2,1-6H3,(H,16,17)/t14-/m1/s1. The molecule has 0 aliphatic carbocycles. The van der Waals surface area contributed by atoms with Crippen molar-refractivity contribution >= 4 is 20.0 Å². The molecule has 0 rings (SSSR count). The Morgan fingerprint density at radius 2 is 1.70 bits per heavy atom. The van der Waals surface area contributed by atoms with Gasteiger partial charge in [-0.05, 0) is 41.5 Å². The van der Waals surface area contributed by atoms with E-state index in [0.29, 0.717) is 12.0 Å². The van der Waals surface area contributed by atoms with Gasteiger partial charge in [0.1, 0.15) is 6.04 Å². The maximum atomic E-state index is 12.8. The quantitative estimate of drug-likeness (QED) is 0.267. The summed E-state index contributed by atoms with van der Waals surface area (Å²) < 4.78 is 28.6. The van der Waals surface area contributed by atoms with Crippen molar-refractivity contribution in [2.24, 2.45) is 0 Å². The van der Waals surface area contributed by atoms with Crippen LogP contribution < -0.4 is 5.32 Å². The number of hydrogen-bond acceptors (Lipinski definition) is 6. The van der Waals surface area contributed by atoms with Crippen molar-refractivity contribution in [1.82, 2.24) is 5.32 Å². The third-order valence-corrected chi connectivity index (χ3v) is 4.80. The van der Waals surface area contributed by atoms with Crippen LogP contribution in [-0.2, 0) is 27.9 Å². The van der Waals surface area contributed by atoms with E-state index in [-0.39, 0.29) is 25.0 Å². The molecule has 0 aliphatic rings. The van der Waals surface area contributed by atoms with Crippen molar-refractivity contribution in [3.8, 4) is 0 Å². The topological polar surface area (TPSA) is 90.9 Å². The molecule has 1 N–H and O–H groups in total. The van der Waals surface area contributed by atoms with E-state index in [2.05, 4.69) is 5.32 Å². The zero-order valence-electron chi connectivity index (χ0n) is 14.7. The Morgan fingerprint density at radius 1 is 1.17 bits per heavy atom. The van der Waals surface area contributed by atoms with Crippen LogP contribution in [0, 0.1) is 0 Å². The number of amides is 1. The fourth-order valence-corrected chi connectivity index (χ4v) is 4.07. The summed E-state index contributed by atoms with van der Waals surface area (Å²) in [6.45, 7) is 10.6. The predicted molar refractivity (Wildman–Crippen MR) is 88.3 cm³/mol. The Hall–Kier alpha value is -1.17. The van der Waals surface area contributed by atoms with Gasteiger partial charge in [-0.2, -0.15) is 0 Å². The zero-order chi connectivity index (χ0) is 18.0. The summed E-state index contributed by atoms with van der Waals surface area (Å²) >= 11 is 0. The van der Waals surface area contributed by atoms with Crippen LogP contribution in [0.1, 0.15) is 41.5 Å². The average Bonchev–Trinajstić information content (AvgIpc) is 2.35. The van der Waals surface area contributed by atoms with Crippen molar-refractivity contribution in [2.45, 2.75) is 59.8 Å². The van der Waals surface area contributed by atoms with E-state index >= 15 is 0 Å². The summed E-state index contributed by atoms with van der Waals surface area (Å²) in [5.41, 5.74) is 0.599. The van der Waals surface area contributed by atoms with E-state index in [9.17, 15) is 14.2 Å². The highest BCUT2D eigenvalue weighted by molar-refractivity contribution is 7.54. The number of esters is 1. The van der Waals surface area contributed by atoms with E-state index in [0.717, 1.165) is 0 Å². The summed E-state index contributed by atoms with van der Waals surface area (Å²) in [6.07, 6.45) is 1.41. The number of carbonyl (C=O) groups is 2. The SMILES string of the molecule is CCOC(=O)[C@@H](C=C(C)CP(=O)(OC(C)C)OC(C)C)NC=O. The molecular weight excluding hydrogens is 321 g/mol. The molecule has 0 spiro atoms. The first kappa shape index (κ1) is 21.8. The third kappa shape index (κ3) is 9.54. The molecule has 0 saturated carbocycles. The first-order valence-corrected chi connectivity index (χ1v) is 9.35. The van der Waals surface area contributed by atoms with E-state index in [1.165, 1.54) is 6.08 Å². The molecular formula is C15H28NO6P. The normalized spacial score (nSPS) is 14.0. The van der Waals surface area contributed by atoms with Gasteiger partial charge >= 0.3 is 13.6 Å². The molecule has 0 fully saturated rings. The summed E-state index contributed by atoms with van der Waals surface area (Å²) in [4.78, 5) is 22.4. The second-order valence-electron chi connectivity index (χ2n) is 5.60. The molecule has 1 amide bonds. The minimum Gasteiger partial charge on any atom is -0.464 e. The molecule has 0 bridgehead atoms. The second kappa shape index (κ2) is 10.6. The molecule has 23 heavy (non-hydrogen) atoms. The van der Waals surface area contributed by atoms with E-state index in [1.54, 1.807) is 41.5 Å². The lowest BCUT2D eigenvalue weighted by atomic mass is 10.2. The first-order chi connectivity index (χ1) is 10.6.